The summed E-state index contributed by atoms with van der Waals surface area (Å²) in [6.45, 7) is 5.47. The van der Waals surface area contributed by atoms with Gasteiger partial charge in [0.05, 0.1) is 17.3 Å². The van der Waals surface area contributed by atoms with Gasteiger partial charge in [-0.3, -0.25) is 14.7 Å². The van der Waals surface area contributed by atoms with E-state index in [9.17, 15) is 4.79 Å². The molecule has 3 heterocycles. The van der Waals surface area contributed by atoms with E-state index in [1.165, 1.54) is 0 Å². The van der Waals surface area contributed by atoms with Crippen molar-refractivity contribution in [2.75, 3.05) is 13.1 Å². The van der Waals surface area contributed by atoms with Gasteiger partial charge in [0.25, 0.3) is 5.91 Å². The molecule has 0 radical (unpaired) electrons. The molecule has 4 rings (SSSR count). The number of dihydropyridines is 2. The molecule has 6 nitrogen and oxygen atoms in total. The van der Waals surface area contributed by atoms with E-state index in [0.29, 0.717) is 11.1 Å². The van der Waals surface area contributed by atoms with E-state index in [2.05, 4.69) is 27.9 Å². The molecule has 0 saturated carbocycles. The van der Waals surface area contributed by atoms with Gasteiger partial charge in [-0.05, 0) is 55.8 Å². The van der Waals surface area contributed by atoms with Crippen LogP contribution in [0.15, 0.2) is 57.5 Å². The van der Waals surface area contributed by atoms with Gasteiger partial charge in [-0.15, -0.1) is 0 Å². The van der Waals surface area contributed by atoms with Gasteiger partial charge in [0.2, 0.25) is 0 Å². The van der Waals surface area contributed by atoms with Crippen LogP contribution in [0.1, 0.15) is 19.4 Å². The number of ether oxygens (including phenoxy) is 1. The summed E-state index contributed by atoms with van der Waals surface area (Å²) < 4.78 is 6.01. The summed E-state index contributed by atoms with van der Waals surface area (Å²) in [7, 11) is 0. The summed E-state index contributed by atoms with van der Waals surface area (Å²) >= 11 is 0. The van der Waals surface area contributed by atoms with Crippen molar-refractivity contribution in [2.24, 2.45) is 9.98 Å². The Morgan fingerprint density at radius 3 is 2.81 bits per heavy atom. The summed E-state index contributed by atoms with van der Waals surface area (Å²) in [5, 5.41) is 8.86. The summed E-state index contributed by atoms with van der Waals surface area (Å²) in [5.41, 5.74) is 3.05. The highest BCUT2D eigenvalue weighted by atomic mass is 16.5. The van der Waals surface area contributed by atoms with E-state index >= 15 is 0 Å². The molecule has 1 aromatic carbocycles. The van der Waals surface area contributed by atoms with Crippen LogP contribution in [0.2, 0.25) is 0 Å². The fourth-order valence-corrected chi connectivity index (χ4v) is 3.40. The Morgan fingerprint density at radius 1 is 1.33 bits per heavy atom. The topological polar surface area (TPSA) is 78.0 Å². The molecular formula is C21H20N4O2. The first-order valence-corrected chi connectivity index (χ1v) is 8.99. The molecule has 1 amide bonds. The maximum atomic E-state index is 11.8. The molecule has 0 aliphatic carbocycles. The number of carbonyl (C=O) groups is 1. The van der Waals surface area contributed by atoms with Gasteiger partial charge in [0, 0.05) is 30.9 Å². The molecule has 0 aromatic heterocycles. The van der Waals surface area contributed by atoms with Crippen molar-refractivity contribution in [1.29, 1.82) is 5.26 Å². The maximum Gasteiger partial charge on any atom is 0.272 e. The van der Waals surface area contributed by atoms with Gasteiger partial charge in [-0.25, -0.2) is 4.99 Å². The van der Waals surface area contributed by atoms with Gasteiger partial charge in [0.15, 0.2) is 0 Å². The summed E-state index contributed by atoms with van der Waals surface area (Å²) in [6.07, 6.45) is 5.83. The molecule has 1 unspecified atom stereocenters. The molecule has 1 aromatic rings. The van der Waals surface area contributed by atoms with E-state index in [4.69, 9.17) is 10.00 Å². The summed E-state index contributed by atoms with van der Waals surface area (Å²) in [6, 6.07) is 9.43. The Balaban J connectivity index is 1.35. The Hall–Kier alpha value is -3.04. The zero-order valence-corrected chi connectivity index (χ0v) is 15.3. The van der Waals surface area contributed by atoms with E-state index in [0.717, 1.165) is 30.1 Å². The highest BCUT2D eigenvalue weighted by molar-refractivity contribution is 6.16. The fraction of sp³-hybridized carbons (Fsp3) is 0.333. The van der Waals surface area contributed by atoms with Crippen molar-refractivity contribution in [3.05, 3.63) is 53.1 Å². The lowest BCUT2D eigenvalue weighted by Crippen LogP contribution is -2.61. The number of nitriles is 1. The van der Waals surface area contributed by atoms with Gasteiger partial charge in [0.1, 0.15) is 17.9 Å². The zero-order chi connectivity index (χ0) is 19.0. The first kappa shape index (κ1) is 17.4. The Morgan fingerprint density at radius 2 is 2.11 bits per heavy atom. The molecule has 3 aliphatic heterocycles. The number of hydrogen-bond acceptors (Lipinski definition) is 5. The second-order valence-electron chi connectivity index (χ2n) is 7.10. The van der Waals surface area contributed by atoms with Gasteiger partial charge in [-0.1, -0.05) is 0 Å². The minimum Gasteiger partial charge on any atom is -0.487 e. The van der Waals surface area contributed by atoms with Crippen LogP contribution in [0.25, 0.3) is 0 Å². The molecule has 1 fully saturated rings. The van der Waals surface area contributed by atoms with E-state index in [-0.39, 0.29) is 24.1 Å². The Bertz CT molecular complexity index is 934. The standard InChI is InChI=1S/C21H20N4O2/c1-13-7-18-19(24-21(13)26)8-16(10-23-18)11-25-12-20(14(25)2)27-17-5-3-15(9-22)4-6-17/h3-8,10,14,18,20H,11-12H2,1-2H3/t14-,18?,20+/m1/s1. The molecule has 27 heavy (non-hydrogen) atoms. The fourth-order valence-electron chi connectivity index (χ4n) is 3.40. The molecule has 0 bridgehead atoms. The number of aliphatic imine (C=N–C) groups is 2. The molecule has 1 saturated heterocycles. The van der Waals surface area contributed by atoms with Crippen molar-refractivity contribution in [1.82, 2.24) is 4.90 Å². The predicted octanol–water partition coefficient (Wildman–Crippen LogP) is 2.32. The van der Waals surface area contributed by atoms with Crippen LogP contribution in [-0.2, 0) is 4.79 Å². The van der Waals surface area contributed by atoms with Crippen molar-refractivity contribution < 1.29 is 9.53 Å². The van der Waals surface area contributed by atoms with E-state index < -0.39 is 0 Å². The quantitative estimate of drug-likeness (QED) is 0.825. The monoisotopic (exact) mass is 360 g/mol. The normalized spacial score (nSPS) is 26.9. The van der Waals surface area contributed by atoms with Gasteiger partial charge >= 0.3 is 0 Å². The van der Waals surface area contributed by atoms with Gasteiger partial charge in [-0.2, -0.15) is 5.26 Å². The molecular weight excluding hydrogens is 340 g/mol. The third-order valence-electron chi connectivity index (χ3n) is 5.20. The number of amides is 1. The molecule has 6 heteroatoms. The highest BCUT2D eigenvalue weighted by Crippen LogP contribution is 2.26. The highest BCUT2D eigenvalue weighted by Gasteiger charge is 2.37. The molecule has 0 spiro atoms. The number of hydrogen-bond donors (Lipinski definition) is 0. The van der Waals surface area contributed by atoms with Crippen LogP contribution in [0.3, 0.4) is 0 Å². The Labute approximate surface area is 158 Å². The number of likely N-dealkylation sites (tertiary alicyclic amines) is 1. The van der Waals surface area contributed by atoms with Crippen molar-refractivity contribution >= 4 is 17.8 Å². The smallest absolute Gasteiger partial charge is 0.272 e. The number of nitrogens with zero attached hydrogens (tertiary/aromatic N) is 4. The van der Waals surface area contributed by atoms with E-state index in [1.54, 1.807) is 19.1 Å². The molecule has 0 N–H and O–H groups in total. The van der Waals surface area contributed by atoms with Crippen LogP contribution in [0.4, 0.5) is 0 Å². The lowest BCUT2D eigenvalue weighted by molar-refractivity contribution is -0.114. The lowest BCUT2D eigenvalue weighted by Gasteiger charge is -2.46. The number of rotatable bonds is 4. The zero-order valence-electron chi connectivity index (χ0n) is 15.3. The predicted molar refractivity (Wildman–Crippen MR) is 103 cm³/mol. The van der Waals surface area contributed by atoms with E-state index in [1.807, 2.05) is 30.5 Å². The van der Waals surface area contributed by atoms with Crippen LogP contribution >= 0.6 is 0 Å². The minimum atomic E-state index is -0.179. The van der Waals surface area contributed by atoms with Crippen LogP contribution in [-0.4, -0.2) is 54.0 Å². The number of carbonyl (C=O) groups excluding carboxylic acids is 1. The largest absolute Gasteiger partial charge is 0.487 e. The SMILES string of the molecule is CC1=CC2N=CC(CN3C[C@H](Oc4ccc(C#N)cc4)[C@H]3C)=CC2=NC1=O. The molecule has 3 aliphatic rings. The van der Waals surface area contributed by atoms with Crippen molar-refractivity contribution in [3.8, 4) is 11.8 Å². The Kier molecular flexibility index (Phi) is 4.46. The number of fused-ring (bicyclic) bond motifs is 1. The molecule has 3 atom stereocenters. The van der Waals surface area contributed by atoms with Crippen LogP contribution in [0.5, 0.6) is 5.75 Å². The molecule has 136 valence electrons. The van der Waals surface area contributed by atoms with Crippen molar-refractivity contribution in [2.45, 2.75) is 32.0 Å². The number of benzene rings is 1. The average molecular weight is 360 g/mol. The summed E-state index contributed by atoms with van der Waals surface area (Å²) in [5.74, 6) is 0.603. The van der Waals surface area contributed by atoms with Crippen LogP contribution < -0.4 is 4.74 Å². The van der Waals surface area contributed by atoms with Crippen molar-refractivity contribution in [3.63, 3.8) is 0 Å². The second-order valence-corrected chi connectivity index (χ2v) is 7.10. The van der Waals surface area contributed by atoms with Gasteiger partial charge < -0.3 is 4.74 Å². The third kappa shape index (κ3) is 3.46. The third-order valence-corrected chi connectivity index (χ3v) is 5.20. The van der Waals surface area contributed by atoms with Crippen LogP contribution in [0, 0.1) is 11.3 Å². The average Bonchev–Trinajstić information content (AvgIpc) is 2.68. The minimum absolute atomic E-state index is 0.117. The first-order valence-electron chi connectivity index (χ1n) is 8.99. The first-order chi connectivity index (χ1) is 13.0. The summed E-state index contributed by atoms with van der Waals surface area (Å²) in [4.78, 5) is 22.7. The lowest BCUT2D eigenvalue weighted by atomic mass is 9.97. The second kappa shape index (κ2) is 6.93. The maximum absolute atomic E-state index is 11.8.